The summed E-state index contributed by atoms with van der Waals surface area (Å²) in [7, 11) is 3.25. The second kappa shape index (κ2) is 11.2. The molecule has 0 bridgehead atoms. The molecule has 0 fully saturated rings. The average molecular weight is 365 g/mol. The summed E-state index contributed by atoms with van der Waals surface area (Å²) >= 11 is 0. The minimum absolute atomic E-state index is 0.336. The van der Waals surface area contributed by atoms with Gasteiger partial charge < -0.3 is 10.5 Å². The molecule has 3 rings (SSSR count). The maximum atomic E-state index is 10.6. The summed E-state index contributed by atoms with van der Waals surface area (Å²) in [5.74, 6) is 2.77. The Balaban J connectivity index is 0.000000540. The number of nitrogen functional groups attached to an aromatic ring is 1. The third-order valence-corrected chi connectivity index (χ3v) is 3.28. The van der Waals surface area contributed by atoms with Gasteiger partial charge in [-0.3, -0.25) is 4.98 Å². The second-order valence-corrected chi connectivity index (χ2v) is 5.32. The topological polar surface area (TPSA) is 95.4 Å². The molecule has 0 spiro atoms. The standard InChI is InChI=1S/C15H13N5O.C3H4.C2H6O/c1-10-14(11-4-3-7-17-9-11)18-20(15(10)16)13-6-2-5-12(8-13)19-21;2*1-3-2/h2-9H,16H2,1H3;1H,2H3;1-2H3. The van der Waals surface area contributed by atoms with Crippen molar-refractivity contribution in [2.45, 2.75) is 13.8 Å². The van der Waals surface area contributed by atoms with E-state index >= 15 is 0 Å². The Kier molecular flexibility index (Phi) is 8.92. The van der Waals surface area contributed by atoms with Crippen LogP contribution in [0.15, 0.2) is 54.0 Å². The van der Waals surface area contributed by atoms with Gasteiger partial charge in [0.05, 0.1) is 11.4 Å². The van der Waals surface area contributed by atoms with Gasteiger partial charge in [-0.1, -0.05) is 6.07 Å². The number of nitrogens with zero attached hydrogens (tertiary/aromatic N) is 4. The minimum Gasteiger partial charge on any atom is -0.388 e. The van der Waals surface area contributed by atoms with Gasteiger partial charge in [-0.25, -0.2) is 4.68 Å². The maximum absolute atomic E-state index is 10.6. The van der Waals surface area contributed by atoms with Gasteiger partial charge in [0.25, 0.3) is 0 Å². The number of hydrogen-bond acceptors (Lipinski definition) is 6. The lowest BCUT2D eigenvalue weighted by molar-refractivity contribution is 0.277. The molecule has 0 radical (unpaired) electrons. The van der Waals surface area contributed by atoms with Crippen molar-refractivity contribution in [3.8, 4) is 29.3 Å². The van der Waals surface area contributed by atoms with Crippen LogP contribution in [0, 0.1) is 24.2 Å². The lowest BCUT2D eigenvalue weighted by atomic mass is 10.1. The first-order chi connectivity index (χ1) is 13.0. The van der Waals surface area contributed by atoms with Crippen molar-refractivity contribution >= 4 is 11.5 Å². The first-order valence-corrected chi connectivity index (χ1v) is 8.00. The van der Waals surface area contributed by atoms with Crippen LogP contribution in [0.4, 0.5) is 11.5 Å². The SMILES string of the molecule is C#CC.COC.Cc1c(-c2cccnc2)nn(-c2cccc(N=O)c2)c1N. The van der Waals surface area contributed by atoms with E-state index in [0.717, 1.165) is 16.8 Å². The molecule has 2 aromatic heterocycles. The van der Waals surface area contributed by atoms with Gasteiger partial charge in [0.1, 0.15) is 11.5 Å². The Labute approximate surface area is 159 Å². The molecule has 0 saturated heterocycles. The molecule has 7 heteroatoms. The number of pyridine rings is 1. The third-order valence-electron chi connectivity index (χ3n) is 3.28. The molecule has 0 unspecified atom stereocenters. The van der Waals surface area contributed by atoms with Crippen molar-refractivity contribution in [1.29, 1.82) is 0 Å². The van der Waals surface area contributed by atoms with Gasteiger partial charge in [0.2, 0.25) is 0 Å². The fourth-order valence-corrected chi connectivity index (χ4v) is 2.16. The van der Waals surface area contributed by atoms with E-state index in [1.807, 2.05) is 25.1 Å². The van der Waals surface area contributed by atoms with Crippen molar-refractivity contribution < 1.29 is 4.74 Å². The molecule has 2 N–H and O–H groups in total. The molecule has 2 heterocycles. The molecule has 3 aromatic rings. The molecule has 0 aliphatic carbocycles. The zero-order valence-electron chi connectivity index (χ0n) is 15.9. The number of ether oxygens (including phenoxy) is 1. The van der Waals surface area contributed by atoms with Gasteiger partial charge in [-0.05, 0) is 49.4 Å². The van der Waals surface area contributed by atoms with Crippen LogP contribution in [0.2, 0.25) is 0 Å². The van der Waals surface area contributed by atoms with Crippen molar-refractivity contribution in [3.63, 3.8) is 0 Å². The van der Waals surface area contributed by atoms with Crippen molar-refractivity contribution in [1.82, 2.24) is 14.8 Å². The smallest absolute Gasteiger partial charge is 0.130 e. The van der Waals surface area contributed by atoms with E-state index in [1.54, 1.807) is 56.4 Å². The fraction of sp³-hybridized carbons (Fsp3) is 0.200. The summed E-state index contributed by atoms with van der Waals surface area (Å²) in [5, 5.41) is 7.47. The lowest BCUT2D eigenvalue weighted by Gasteiger charge is -2.03. The Hall–Kier alpha value is -3.50. The van der Waals surface area contributed by atoms with Crippen LogP contribution in [0.3, 0.4) is 0 Å². The highest BCUT2D eigenvalue weighted by molar-refractivity contribution is 5.68. The van der Waals surface area contributed by atoms with Crippen LogP contribution in [0.1, 0.15) is 12.5 Å². The van der Waals surface area contributed by atoms with Gasteiger partial charge >= 0.3 is 0 Å². The van der Waals surface area contributed by atoms with Gasteiger partial charge in [-0.15, -0.1) is 17.3 Å². The summed E-state index contributed by atoms with van der Waals surface area (Å²) in [6, 6.07) is 10.6. The molecule has 0 aliphatic heterocycles. The van der Waals surface area contributed by atoms with Crippen molar-refractivity contribution in [2.75, 3.05) is 20.0 Å². The van der Waals surface area contributed by atoms with Crippen LogP contribution >= 0.6 is 0 Å². The molecule has 0 saturated carbocycles. The maximum Gasteiger partial charge on any atom is 0.130 e. The number of hydrogen-bond donors (Lipinski definition) is 1. The van der Waals surface area contributed by atoms with Crippen LogP contribution in [0.5, 0.6) is 0 Å². The van der Waals surface area contributed by atoms with Gasteiger partial charge in [0, 0.05) is 37.7 Å². The number of nitroso groups, excluding NO2 is 1. The summed E-state index contributed by atoms with van der Waals surface area (Å²) in [6.45, 7) is 3.56. The normalized spacial score (nSPS) is 9.15. The molecule has 0 atom stereocenters. The minimum atomic E-state index is 0.336. The van der Waals surface area contributed by atoms with E-state index in [0.29, 0.717) is 17.2 Å². The monoisotopic (exact) mass is 365 g/mol. The summed E-state index contributed by atoms with van der Waals surface area (Å²) in [6.07, 6.45) is 8.04. The predicted molar refractivity (Wildman–Crippen MR) is 109 cm³/mol. The number of rotatable bonds is 3. The molecule has 0 amide bonds. The van der Waals surface area contributed by atoms with E-state index in [9.17, 15) is 4.91 Å². The van der Waals surface area contributed by atoms with Crippen molar-refractivity contribution in [3.05, 3.63) is 59.3 Å². The Morgan fingerprint density at radius 1 is 1.26 bits per heavy atom. The first-order valence-electron chi connectivity index (χ1n) is 8.00. The Bertz CT molecular complexity index is 898. The molecule has 0 aliphatic rings. The largest absolute Gasteiger partial charge is 0.388 e. The zero-order chi connectivity index (χ0) is 20.2. The predicted octanol–water partition coefficient (Wildman–Crippen LogP) is 4.12. The van der Waals surface area contributed by atoms with E-state index < -0.39 is 0 Å². The zero-order valence-corrected chi connectivity index (χ0v) is 15.9. The molecule has 1 aromatic carbocycles. The molecule has 7 nitrogen and oxygen atoms in total. The van der Waals surface area contributed by atoms with Gasteiger partial charge in [0.15, 0.2) is 0 Å². The summed E-state index contributed by atoms with van der Waals surface area (Å²) in [5.41, 5.74) is 9.70. The molecular weight excluding hydrogens is 342 g/mol. The number of terminal acetylenes is 1. The quantitative estimate of drug-likeness (QED) is 0.556. The highest BCUT2D eigenvalue weighted by Crippen LogP contribution is 2.28. The Morgan fingerprint density at radius 3 is 2.48 bits per heavy atom. The highest BCUT2D eigenvalue weighted by Gasteiger charge is 2.15. The average Bonchev–Trinajstić information content (AvgIpc) is 2.99. The van der Waals surface area contributed by atoms with E-state index in [4.69, 9.17) is 5.73 Å². The number of benzene rings is 1. The van der Waals surface area contributed by atoms with Crippen LogP contribution in [0.25, 0.3) is 16.9 Å². The summed E-state index contributed by atoms with van der Waals surface area (Å²) < 4.78 is 5.85. The number of methoxy groups -OCH3 is 1. The number of anilines is 1. The van der Waals surface area contributed by atoms with Crippen LogP contribution < -0.4 is 5.73 Å². The highest BCUT2D eigenvalue weighted by atomic mass is 16.4. The third kappa shape index (κ3) is 5.76. The fourth-order valence-electron chi connectivity index (χ4n) is 2.16. The van der Waals surface area contributed by atoms with E-state index in [1.165, 1.54) is 0 Å². The molecule has 27 heavy (non-hydrogen) atoms. The lowest BCUT2D eigenvalue weighted by Crippen LogP contribution is -2.01. The van der Waals surface area contributed by atoms with E-state index in [-0.39, 0.29) is 0 Å². The summed E-state index contributed by atoms with van der Waals surface area (Å²) in [4.78, 5) is 14.7. The number of aromatic nitrogens is 3. The van der Waals surface area contributed by atoms with Crippen molar-refractivity contribution in [2.24, 2.45) is 5.18 Å². The van der Waals surface area contributed by atoms with E-state index in [2.05, 4.69) is 32.3 Å². The van der Waals surface area contributed by atoms with Crippen LogP contribution in [-0.4, -0.2) is 29.0 Å². The van der Waals surface area contributed by atoms with Gasteiger partial charge in [-0.2, -0.15) is 5.10 Å². The Morgan fingerprint density at radius 2 is 1.93 bits per heavy atom. The molecule has 140 valence electrons. The second-order valence-electron chi connectivity index (χ2n) is 5.32. The first kappa shape index (κ1) is 21.5. The molecular formula is C20H23N5O2. The van der Waals surface area contributed by atoms with Crippen LogP contribution in [-0.2, 0) is 4.74 Å². The number of nitrogens with two attached hydrogens (primary N) is 1.